The lowest BCUT2D eigenvalue weighted by Crippen LogP contribution is -2.40. The van der Waals surface area contributed by atoms with E-state index < -0.39 is 12.0 Å². The van der Waals surface area contributed by atoms with E-state index in [-0.39, 0.29) is 5.91 Å². The second-order valence-corrected chi connectivity index (χ2v) is 5.60. The molecule has 0 heterocycles. The molecule has 1 N–H and O–H groups in total. The number of amides is 1. The molecule has 4 heteroatoms. The average molecular weight is 285 g/mol. The first-order valence-electron chi connectivity index (χ1n) is 7.99. The zero-order valence-corrected chi connectivity index (χ0v) is 13.4. The van der Waals surface area contributed by atoms with Gasteiger partial charge in [-0.05, 0) is 13.3 Å². The summed E-state index contributed by atoms with van der Waals surface area (Å²) in [6, 6.07) is -0.735. The minimum Gasteiger partial charge on any atom is -0.480 e. The smallest absolute Gasteiger partial charge is 0.326 e. The maximum absolute atomic E-state index is 11.8. The van der Waals surface area contributed by atoms with Gasteiger partial charge in [-0.1, -0.05) is 58.3 Å². The standard InChI is InChI=1S/C16H31NO3/c1-4-5-6-7-8-9-10-11-12-13-15(18)17(3)14(2)16(19)20/h14H,4-13H2,1-3H3,(H,19,20)/t14-/m0/s1. The van der Waals surface area contributed by atoms with Gasteiger partial charge in [0.05, 0.1) is 0 Å². The van der Waals surface area contributed by atoms with E-state index in [0.717, 1.165) is 12.8 Å². The number of nitrogens with zero attached hydrogens (tertiary/aromatic N) is 1. The van der Waals surface area contributed by atoms with Crippen molar-refractivity contribution >= 4 is 11.9 Å². The van der Waals surface area contributed by atoms with Crippen LogP contribution in [-0.2, 0) is 9.59 Å². The van der Waals surface area contributed by atoms with Gasteiger partial charge in [-0.25, -0.2) is 4.79 Å². The van der Waals surface area contributed by atoms with Gasteiger partial charge in [0.25, 0.3) is 0 Å². The monoisotopic (exact) mass is 285 g/mol. The first kappa shape index (κ1) is 18.9. The number of carbonyl (C=O) groups excluding carboxylic acids is 1. The number of unbranched alkanes of at least 4 members (excludes halogenated alkanes) is 8. The molecule has 0 radical (unpaired) electrons. The van der Waals surface area contributed by atoms with Crippen LogP contribution in [0.15, 0.2) is 0 Å². The maximum Gasteiger partial charge on any atom is 0.326 e. The van der Waals surface area contributed by atoms with Gasteiger partial charge in [-0.3, -0.25) is 4.79 Å². The average Bonchev–Trinajstić information content (AvgIpc) is 2.43. The van der Waals surface area contributed by atoms with Gasteiger partial charge in [0.15, 0.2) is 0 Å². The minimum absolute atomic E-state index is 0.0668. The third kappa shape index (κ3) is 8.94. The fourth-order valence-electron chi connectivity index (χ4n) is 2.14. The molecule has 118 valence electrons. The molecule has 0 unspecified atom stereocenters. The first-order valence-corrected chi connectivity index (χ1v) is 7.99. The molecule has 0 spiro atoms. The highest BCUT2D eigenvalue weighted by Gasteiger charge is 2.20. The number of carboxylic acids is 1. The van der Waals surface area contributed by atoms with E-state index in [2.05, 4.69) is 6.92 Å². The molecule has 0 aromatic rings. The molecule has 0 saturated carbocycles. The lowest BCUT2D eigenvalue weighted by molar-refractivity contribution is -0.148. The highest BCUT2D eigenvalue weighted by atomic mass is 16.4. The molecule has 0 aromatic carbocycles. The van der Waals surface area contributed by atoms with E-state index in [0.29, 0.717) is 6.42 Å². The zero-order chi connectivity index (χ0) is 15.4. The molecule has 0 aliphatic rings. The van der Waals surface area contributed by atoms with Crippen LogP contribution in [0.25, 0.3) is 0 Å². The third-order valence-electron chi connectivity index (χ3n) is 3.83. The van der Waals surface area contributed by atoms with Crippen LogP contribution in [0.1, 0.15) is 78.1 Å². The highest BCUT2D eigenvalue weighted by Crippen LogP contribution is 2.11. The normalized spacial score (nSPS) is 12.2. The molecule has 0 aliphatic carbocycles. The number of likely N-dealkylation sites (N-methyl/N-ethyl adjacent to an activating group) is 1. The fraction of sp³-hybridized carbons (Fsp3) is 0.875. The summed E-state index contributed by atoms with van der Waals surface area (Å²) in [5.74, 6) is -1.02. The largest absolute Gasteiger partial charge is 0.480 e. The van der Waals surface area contributed by atoms with Gasteiger partial charge in [-0.2, -0.15) is 0 Å². The third-order valence-corrected chi connectivity index (χ3v) is 3.83. The molecule has 0 fully saturated rings. The summed E-state index contributed by atoms with van der Waals surface area (Å²) in [5.41, 5.74) is 0. The number of carbonyl (C=O) groups is 2. The van der Waals surface area contributed by atoms with Crippen LogP contribution in [-0.4, -0.2) is 35.0 Å². The van der Waals surface area contributed by atoms with E-state index >= 15 is 0 Å². The molecular formula is C16H31NO3. The molecule has 0 rings (SSSR count). The van der Waals surface area contributed by atoms with E-state index in [4.69, 9.17) is 5.11 Å². The maximum atomic E-state index is 11.8. The van der Waals surface area contributed by atoms with Crippen LogP contribution in [0, 0.1) is 0 Å². The second-order valence-electron chi connectivity index (χ2n) is 5.60. The molecule has 20 heavy (non-hydrogen) atoms. The Bertz CT molecular complexity index is 279. The Morgan fingerprint density at radius 2 is 1.40 bits per heavy atom. The Morgan fingerprint density at radius 3 is 1.85 bits per heavy atom. The predicted molar refractivity (Wildman–Crippen MR) is 81.7 cm³/mol. The summed E-state index contributed by atoms with van der Waals surface area (Å²) in [5, 5.41) is 8.84. The molecule has 1 atom stereocenters. The Balaban J connectivity index is 3.50. The molecule has 0 bridgehead atoms. The number of rotatable bonds is 12. The summed E-state index contributed by atoms with van der Waals surface area (Å²) in [6.45, 7) is 3.76. The lowest BCUT2D eigenvalue weighted by Gasteiger charge is -2.21. The van der Waals surface area contributed by atoms with Crippen molar-refractivity contribution in [3.05, 3.63) is 0 Å². The van der Waals surface area contributed by atoms with Crippen molar-refractivity contribution in [1.82, 2.24) is 4.90 Å². The molecule has 0 aliphatic heterocycles. The number of hydrogen-bond donors (Lipinski definition) is 1. The summed E-state index contributed by atoms with van der Waals surface area (Å²) >= 11 is 0. The SMILES string of the molecule is CCCCCCCCCCCC(=O)N(C)[C@@H](C)C(=O)O. The van der Waals surface area contributed by atoms with Crippen LogP contribution >= 0.6 is 0 Å². The van der Waals surface area contributed by atoms with Crippen molar-refractivity contribution in [3.8, 4) is 0 Å². The van der Waals surface area contributed by atoms with Gasteiger partial charge >= 0.3 is 5.97 Å². The van der Waals surface area contributed by atoms with E-state index in [9.17, 15) is 9.59 Å². The Labute approximate surface area is 123 Å². The Hall–Kier alpha value is -1.06. The van der Waals surface area contributed by atoms with Crippen molar-refractivity contribution in [2.75, 3.05) is 7.05 Å². The molecule has 0 aromatic heterocycles. The molecule has 1 amide bonds. The van der Waals surface area contributed by atoms with Crippen LogP contribution < -0.4 is 0 Å². The number of aliphatic carboxylic acids is 1. The first-order chi connectivity index (χ1) is 9.50. The fourth-order valence-corrected chi connectivity index (χ4v) is 2.14. The van der Waals surface area contributed by atoms with Gasteiger partial charge < -0.3 is 10.0 Å². The van der Waals surface area contributed by atoms with Crippen molar-refractivity contribution in [2.24, 2.45) is 0 Å². The van der Waals surface area contributed by atoms with Gasteiger partial charge in [-0.15, -0.1) is 0 Å². The van der Waals surface area contributed by atoms with E-state index in [1.54, 1.807) is 7.05 Å². The summed E-state index contributed by atoms with van der Waals surface area (Å²) in [6.07, 6.45) is 11.4. The van der Waals surface area contributed by atoms with Crippen molar-refractivity contribution in [2.45, 2.75) is 84.1 Å². The van der Waals surface area contributed by atoms with Crippen molar-refractivity contribution in [1.29, 1.82) is 0 Å². The lowest BCUT2D eigenvalue weighted by atomic mass is 10.1. The van der Waals surface area contributed by atoms with Gasteiger partial charge in [0.2, 0.25) is 5.91 Å². The Kier molecular flexibility index (Phi) is 11.1. The summed E-state index contributed by atoms with van der Waals surface area (Å²) in [7, 11) is 1.56. The quantitative estimate of drug-likeness (QED) is 0.554. The van der Waals surface area contributed by atoms with Crippen molar-refractivity contribution in [3.63, 3.8) is 0 Å². The van der Waals surface area contributed by atoms with Crippen LogP contribution in [0.3, 0.4) is 0 Å². The van der Waals surface area contributed by atoms with Gasteiger partial charge in [0, 0.05) is 13.5 Å². The topological polar surface area (TPSA) is 57.6 Å². The van der Waals surface area contributed by atoms with Crippen LogP contribution in [0.5, 0.6) is 0 Å². The number of hydrogen-bond acceptors (Lipinski definition) is 2. The Morgan fingerprint density at radius 1 is 0.950 bits per heavy atom. The predicted octanol–water partition coefficient (Wildman–Crippen LogP) is 3.84. The zero-order valence-electron chi connectivity index (χ0n) is 13.4. The summed E-state index contributed by atoms with van der Waals surface area (Å²) < 4.78 is 0. The minimum atomic E-state index is -0.951. The summed E-state index contributed by atoms with van der Waals surface area (Å²) in [4.78, 5) is 23.9. The highest BCUT2D eigenvalue weighted by molar-refractivity contribution is 5.83. The molecule has 0 saturated heterocycles. The van der Waals surface area contributed by atoms with E-state index in [1.807, 2.05) is 0 Å². The number of carboxylic acid groups (broad SMARTS) is 1. The second kappa shape index (κ2) is 11.7. The van der Waals surface area contributed by atoms with E-state index in [1.165, 1.54) is 56.8 Å². The molecular weight excluding hydrogens is 254 g/mol. The van der Waals surface area contributed by atoms with Crippen molar-refractivity contribution < 1.29 is 14.7 Å². The molecule has 4 nitrogen and oxygen atoms in total. The van der Waals surface area contributed by atoms with Crippen LogP contribution in [0.4, 0.5) is 0 Å². The van der Waals surface area contributed by atoms with Crippen LogP contribution in [0.2, 0.25) is 0 Å². The van der Waals surface area contributed by atoms with Gasteiger partial charge in [0.1, 0.15) is 6.04 Å².